The SMILES string of the molecule is Cn1c(=O)ccn(CC(=O)N2CCCC2Cn2cccn2)c1=O. The molecule has 3 heterocycles. The third-order valence-corrected chi connectivity index (χ3v) is 4.22. The summed E-state index contributed by atoms with van der Waals surface area (Å²) in [6.45, 7) is 1.29. The molecular weight excluding hydrogens is 298 g/mol. The number of aromatic nitrogens is 4. The van der Waals surface area contributed by atoms with E-state index in [-0.39, 0.29) is 24.1 Å². The van der Waals surface area contributed by atoms with Gasteiger partial charge in [0, 0.05) is 38.2 Å². The van der Waals surface area contributed by atoms with Crippen molar-refractivity contribution >= 4 is 5.91 Å². The van der Waals surface area contributed by atoms with Gasteiger partial charge in [0.1, 0.15) is 6.54 Å². The van der Waals surface area contributed by atoms with Crippen molar-refractivity contribution in [3.05, 3.63) is 51.6 Å². The van der Waals surface area contributed by atoms with Crippen LogP contribution in [0.15, 0.2) is 40.3 Å². The van der Waals surface area contributed by atoms with Gasteiger partial charge in [-0.2, -0.15) is 5.10 Å². The van der Waals surface area contributed by atoms with Crippen LogP contribution in [0.3, 0.4) is 0 Å². The van der Waals surface area contributed by atoms with Crippen molar-refractivity contribution in [2.45, 2.75) is 32.0 Å². The Bertz CT molecular complexity index is 805. The number of carbonyl (C=O) groups is 1. The van der Waals surface area contributed by atoms with Crippen LogP contribution >= 0.6 is 0 Å². The molecule has 1 aliphatic heterocycles. The number of hydrogen-bond donors (Lipinski definition) is 0. The van der Waals surface area contributed by atoms with Gasteiger partial charge in [-0.3, -0.25) is 23.4 Å². The molecule has 0 saturated carbocycles. The summed E-state index contributed by atoms with van der Waals surface area (Å²) in [6, 6.07) is 3.23. The molecule has 2 aromatic rings. The maximum Gasteiger partial charge on any atom is 0.331 e. The van der Waals surface area contributed by atoms with Gasteiger partial charge in [0.25, 0.3) is 5.56 Å². The zero-order valence-electron chi connectivity index (χ0n) is 13.0. The van der Waals surface area contributed by atoms with Crippen molar-refractivity contribution in [1.82, 2.24) is 23.8 Å². The highest BCUT2D eigenvalue weighted by Gasteiger charge is 2.29. The van der Waals surface area contributed by atoms with Crippen LogP contribution in [0.4, 0.5) is 0 Å². The Morgan fingerprint density at radius 2 is 2.17 bits per heavy atom. The molecule has 0 N–H and O–H groups in total. The van der Waals surface area contributed by atoms with Crippen molar-refractivity contribution in [3.63, 3.8) is 0 Å². The molecule has 1 fully saturated rings. The summed E-state index contributed by atoms with van der Waals surface area (Å²) in [5, 5.41) is 4.18. The van der Waals surface area contributed by atoms with Gasteiger partial charge < -0.3 is 4.90 Å². The molecule has 23 heavy (non-hydrogen) atoms. The Hall–Kier alpha value is -2.64. The highest BCUT2D eigenvalue weighted by molar-refractivity contribution is 5.76. The average Bonchev–Trinajstić information content (AvgIpc) is 3.20. The van der Waals surface area contributed by atoms with Gasteiger partial charge in [0.05, 0.1) is 12.6 Å². The highest BCUT2D eigenvalue weighted by atomic mass is 16.2. The number of amides is 1. The monoisotopic (exact) mass is 317 g/mol. The van der Waals surface area contributed by atoms with Crippen LogP contribution < -0.4 is 11.2 Å². The van der Waals surface area contributed by atoms with Crippen LogP contribution in [0.1, 0.15) is 12.8 Å². The van der Waals surface area contributed by atoms with Gasteiger partial charge in [-0.1, -0.05) is 0 Å². The minimum Gasteiger partial charge on any atom is -0.336 e. The molecule has 3 rings (SSSR count). The van der Waals surface area contributed by atoms with E-state index in [1.165, 1.54) is 23.9 Å². The van der Waals surface area contributed by atoms with E-state index in [2.05, 4.69) is 5.10 Å². The molecule has 122 valence electrons. The van der Waals surface area contributed by atoms with Crippen LogP contribution in [0.25, 0.3) is 0 Å². The Kier molecular flexibility index (Phi) is 4.14. The Morgan fingerprint density at radius 3 is 2.91 bits per heavy atom. The Labute approximate surface area is 132 Å². The lowest BCUT2D eigenvalue weighted by Gasteiger charge is -2.25. The first-order valence-electron chi connectivity index (χ1n) is 7.59. The highest BCUT2D eigenvalue weighted by Crippen LogP contribution is 2.19. The van der Waals surface area contributed by atoms with E-state index in [4.69, 9.17) is 0 Å². The van der Waals surface area contributed by atoms with Crippen LogP contribution in [0.5, 0.6) is 0 Å². The van der Waals surface area contributed by atoms with Crippen molar-refractivity contribution in [3.8, 4) is 0 Å². The fraction of sp³-hybridized carbons (Fsp3) is 0.467. The predicted molar refractivity (Wildman–Crippen MR) is 82.9 cm³/mol. The fourth-order valence-corrected chi connectivity index (χ4v) is 2.95. The maximum absolute atomic E-state index is 12.6. The molecule has 8 heteroatoms. The van der Waals surface area contributed by atoms with E-state index in [0.29, 0.717) is 13.1 Å². The van der Waals surface area contributed by atoms with Gasteiger partial charge in [-0.05, 0) is 18.9 Å². The van der Waals surface area contributed by atoms with Crippen molar-refractivity contribution in [2.75, 3.05) is 6.54 Å². The van der Waals surface area contributed by atoms with E-state index in [1.54, 1.807) is 11.1 Å². The normalized spacial score (nSPS) is 17.6. The minimum atomic E-state index is -0.478. The quantitative estimate of drug-likeness (QED) is 0.756. The third-order valence-electron chi connectivity index (χ3n) is 4.22. The topological polar surface area (TPSA) is 82.1 Å². The van der Waals surface area contributed by atoms with Crippen LogP contribution in [-0.2, 0) is 24.9 Å². The molecule has 2 aromatic heterocycles. The molecule has 0 radical (unpaired) electrons. The lowest BCUT2D eigenvalue weighted by Crippen LogP contribution is -2.44. The van der Waals surface area contributed by atoms with Crippen LogP contribution in [0.2, 0.25) is 0 Å². The second-order valence-corrected chi connectivity index (χ2v) is 5.73. The number of likely N-dealkylation sites (tertiary alicyclic amines) is 1. The van der Waals surface area contributed by atoms with Gasteiger partial charge >= 0.3 is 5.69 Å². The molecule has 0 aromatic carbocycles. The first-order chi connectivity index (χ1) is 11.1. The third kappa shape index (κ3) is 3.10. The lowest BCUT2D eigenvalue weighted by molar-refractivity contribution is -0.133. The first kappa shape index (κ1) is 15.3. The number of nitrogens with zero attached hydrogens (tertiary/aromatic N) is 5. The summed E-state index contributed by atoms with van der Waals surface area (Å²) in [7, 11) is 1.40. The van der Waals surface area contributed by atoms with Crippen LogP contribution in [0, 0.1) is 0 Å². The molecule has 0 bridgehead atoms. The molecule has 1 aliphatic rings. The maximum atomic E-state index is 12.6. The molecule has 1 saturated heterocycles. The van der Waals surface area contributed by atoms with E-state index in [9.17, 15) is 14.4 Å². The molecule has 0 spiro atoms. The zero-order chi connectivity index (χ0) is 16.4. The van der Waals surface area contributed by atoms with Gasteiger partial charge in [0.2, 0.25) is 5.91 Å². The molecule has 8 nitrogen and oxygen atoms in total. The average molecular weight is 317 g/mol. The summed E-state index contributed by atoms with van der Waals surface area (Å²) in [4.78, 5) is 37.8. The Balaban J connectivity index is 1.73. The number of carbonyl (C=O) groups excluding carboxylic acids is 1. The minimum absolute atomic E-state index is 0.0530. The predicted octanol–water partition coefficient (Wildman–Crippen LogP) is -0.565. The second kappa shape index (κ2) is 6.23. The smallest absolute Gasteiger partial charge is 0.331 e. The zero-order valence-corrected chi connectivity index (χ0v) is 13.0. The van der Waals surface area contributed by atoms with E-state index in [0.717, 1.165) is 17.4 Å². The second-order valence-electron chi connectivity index (χ2n) is 5.73. The Morgan fingerprint density at radius 1 is 1.35 bits per heavy atom. The summed E-state index contributed by atoms with van der Waals surface area (Å²) >= 11 is 0. The fourth-order valence-electron chi connectivity index (χ4n) is 2.95. The molecule has 1 amide bonds. The molecular formula is C15H19N5O3. The van der Waals surface area contributed by atoms with Crippen molar-refractivity contribution in [1.29, 1.82) is 0 Å². The summed E-state index contributed by atoms with van der Waals surface area (Å²) in [5.41, 5.74) is -0.856. The number of rotatable bonds is 4. The lowest BCUT2D eigenvalue weighted by atomic mass is 10.2. The molecule has 1 unspecified atom stereocenters. The molecule has 0 aliphatic carbocycles. The van der Waals surface area contributed by atoms with Crippen molar-refractivity contribution < 1.29 is 4.79 Å². The molecule has 1 atom stereocenters. The summed E-state index contributed by atoms with van der Waals surface area (Å²) < 4.78 is 4.08. The summed E-state index contributed by atoms with van der Waals surface area (Å²) in [5.74, 6) is -0.111. The summed E-state index contributed by atoms with van der Waals surface area (Å²) in [6.07, 6.45) is 6.83. The van der Waals surface area contributed by atoms with Gasteiger partial charge in [0.15, 0.2) is 0 Å². The largest absolute Gasteiger partial charge is 0.336 e. The van der Waals surface area contributed by atoms with Gasteiger partial charge in [-0.15, -0.1) is 0 Å². The van der Waals surface area contributed by atoms with E-state index < -0.39 is 5.69 Å². The van der Waals surface area contributed by atoms with E-state index >= 15 is 0 Å². The first-order valence-corrected chi connectivity index (χ1v) is 7.59. The van der Waals surface area contributed by atoms with Crippen LogP contribution in [-0.4, -0.2) is 42.3 Å². The van der Waals surface area contributed by atoms with E-state index in [1.807, 2.05) is 16.9 Å². The van der Waals surface area contributed by atoms with Gasteiger partial charge in [-0.25, -0.2) is 4.79 Å². The number of hydrogen-bond acceptors (Lipinski definition) is 4. The van der Waals surface area contributed by atoms with Crippen molar-refractivity contribution in [2.24, 2.45) is 7.05 Å². The standard InChI is InChI=1S/C15H19N5O3/c1-17-13(21)5-9-18(15(17)23)11-14(22)20-8-2-4-12(20)10-19-7-3-6-16-19/h3,5-7,9,12H,2,4,8,10-11H2,1H3.